The predicted octanol–water partition coefficient (Wildman–Crippen LogP) is 2.67. The van der Waals surface area contributed by atoms with Gasteiger partial charge in [-0.25, -0.2) is 14.1 Å². The number of halogens is 1. The Labute approximate surface area is 242 Å². The molecule has 218 valence electrons. The molecule has 11 heteroatoms. The van der Waals surface area contributed by atoms with Crippen molar-refractivity contribution in [2.24, 2.45) is 0 Å². The van der Waals surface area contributed by atoms with Crippen LogP contribution in [0, 0.1) is 5.82 Å². The lowest BCUT2D eigenvalue weighted by atomic mass is 9.91. The summed E-state index contributed by atoms with van der Waals surface area (Å²) in [5.41, 5.74) is 1.30. The van der Waals surface area contributed by atoms with Crippen LogP contribution in [-0.2, 0) is 6.54 Å². The molecule has 1 N–H and O–H groups in total. The van der Waals surface area contributed by atoms with Crippen LogP contribution in [0.1, 0.15) is 36.0 Å². The van der Waals surface area contributed by atoms with E-state index in [2.05, 4.69) is 19.9 Å². The lowest BCUT2D eigenvalue weighted by Gasteiger charge is -2.39. The molecule has 3 saturated heterocycles. The van der Waals surface area contributed by atoms with Crippen molar-refractivity contribution >= 4 is 22.6 Å². The largest absolute Gasteiger partial charge is 0.388 e. The highest BCUT2D eigenvalue weighted by Crippen LogP contribution is 2.28. The van der Waals surface area contributed by atoms with Gasteiger partial charge in [0.2, 0.25) is 0 Å². The predicted molar refractivity (Wildman–Crippen MR) is 156 cm³/mol. The summed E-state index contributed by atoms with van der Waals surface area (Å²) in [5.74, 6) is -0.407. The minimum Gasteiger partial charge on any atom is -0.388 e. The van der Waals surface area contributed by atoms with Crippen molar-refractivity contribution in [1.82, 2.24) is 29.1 Å². The molecule has 42 heavy (non-hydrogen) atoms. The molecule has 3 aliphatic heterocycles. The Balaban J connectivity index is 0.989. The zero-order valence-electron chi connectivity index (χ0n) is 23.4. The average Bonchev–Trinajstić information content (AvgIpc) is 3.66. The molecule has 1 atom stereocenters. The molecule has 4 aromatic rings. The number of anilines is 1. The first-order valence-electron chi connectivity index (χ1n) is 14.7. The number of benzene rings is 2. The molecular weight excluding hydrogens is 537 g/mol. The van der Waals surface area contributed by atoms with E-state index in [1.54, 1.807) is 17.0 Å². The fourth-order valence-corrected chi connectivity index (χ4v) is 6.66. The lowest BCUT2D eigenvalue weighted by molar-refractivity contribution is -0.0299. The quantitative estimate of drug-likeness (QED) is 0.393. The molecule has 10 nitrogen and oxygen atoms in total. The third-order valence-electron chi connectivity index (χ3n) is 9.14. The van der Waals surface area contributed by atoms with E-state index in [0.717, 1.165) is 25.3 Å². The zero-order valence-corrected chi connectivity index (χ0v) is 23.4. The molecule has 0 spiro atoms. The Morgan fingerprint density at radius 2 is 1.71 bits per heavy atom. The van der Waals surface area contributed by atoms with Gasteiger partial charge in [0.15, 0.2) is 5.65 Å². The van der Waals surface area contributed by atoms with Crippen LogP contribution in [0.2, 0.25) is 0 Å². The number of rotatable bonds is 5. The smallest absolute Gasteiger partial charge is 0.264 e. The van der Waals surface area contributed by atoms with Crippen LogP contribution in [0.15, 0.2) is 65.8 Å². The van der Waals surface area contributed by atoms with Gasteiger partial charge >= 0.3 is 0 Å². The number of carbonyl (C=O) groups excluding carboxylic acids is 1. The fraction of sp³-hybridized carbons (Fsp3) is 0.419. The number of hydrogen-bond donors (Lipinski definition) is 1. The highest BCUT2D eigenvalue weighted by atomic mass is 19.1. The van der Waals surface area contributed by atoms with Gasteiger partial charge in [-0.15, -0.1) is 0 Å². The first kappa shape index (κ1) is 26.8. The number of aromatic nitrogens is 4. The molecule has 0 bridgehead atoms. The summed E-state index contributed by atoms with van der Waals surface area (Å²) < 4.78 is 16.2. The first-order valence-corrected chi connectivity index (χ1v) is 14.7. The fourth-order valence-electron chi connectivity index (χ4n) is 6.66. The molecule has 2 aromatic heterocycles. The highest BCUT2D eigenvalue weighted by molar-refractivity contribution is 5.94. The number of likely N-dealkylation sites (tertiary alicyclic amines) is 1. The Morgan fingerprint density at radius 3 is 2.48 bits per heavy atom. The van der Waals surface area contributed by atoms with Gasteiger partial charge < -0.3 is 14.9 Å². The lowest BCUT2D eigenvalue weighted by Crippen LogP contribution is -2.50. The van der Waals surface area contributed by atoms with E-state index in [0.29, 0.717) is 54.3 Å². The van der Waals surface area contributed by atoms with Crippen LogP contribution >= 0.6 is 0 Å². The van der Waals surface area contributed by atoms with Gasteiger partial charge in [0.05, 0.1) is 24.0 Å². The van der Waals surface area contributed by atoms with E-state index in [9.17, 15) is 19.1 Å². The second-order valence-corrected chi connectivity index (χ2v) is 11.8. The Morgan fingerprint density at radius 1 is 0.976 bits per heavy atom. The molecule has 0 saturated carbocycles. The SMILES string of the molecule is O=C(c1ccc(N2CCN3CCC[C@H]3C2)cc1)N1CCC(O)(Cn2cnc3c(cnn3-c3ccc(F)cc3)c2=O)CC1. The molecule has 0 radical (unpaired) electrons. The Hall–Kier alpha value is -4.09. The molecule has 0 unspecified atom stereocenters. The van der Waals surface area contributed by atoms with Crippen molar-refractivity contribution in [3.05, 3.63) is 82.8 Å². The number of nitrogens with zero attached hydrogens (tertiary/aromatic N) is 7. The van der Waals surface area contributed by atoms with E-state index < -0.39 is 5.60 Å². The molecule has 1 amide bonds. The van der Waals surface area contributed by atoms with Gasteiger partial charge in [0, 0.05) is 50.0 Å². The van der Waals surface area contributed by atoms with Crippen LogP contribution in [0.4, 0.5) is 10.1 Å². The normalized spacial score (nSPS) is 20.7. The maximum Gasteiger partial charge on any atom is 0.264 e. The summed E-state index contributed by atoms with van der Waals surface area (Å²) in [4.78, 5) is 37.7. The number of carbonyl (C=O) groups is 1. The number of fused-ring (bicyclic) bond motifs is 2. The summed E-state index contributed by atoms with van der Waals surface area (Å²) in [6.07, 6.45) is 6.09. The van der Waals surface area contributed by atoms with Gasteiger partial charge in [-0.1, -0.05) is 0 Å². The monoisotopic (exact) mass is 571 g/mol. The van der Waals surface area contributed by atoms with Crippen LogP contribution < -0.4 is 10.5 Å². The van der Waals surface area contributed by atoms with Crippen molar-refractivity contribution < 1.29 is 14.3 Å². The van der Waals surface area contributed by atoms with Gasteiger partial charge in [-0.3, -0.25) is 19.1 Å². The van der Waals surface area contributed by atoms with Crippen LogP contribution in [0.25, 0.3) is 16.7 Å². The second kappa shape index (κ2) is 10.6. The third kappa shape index (κ3) is 4.96. The minimum atomic E-state index is -1.14. The molecular formula is C31H34FN7O3. The molecule has 5 heterocycles. The maximum absolute atomic E-state index is 13.3. The van der Waals surface area contributed by atoms with E-state index in [1.165, 1.54) is 53.3 Å². The number of piperazine rings is 1. The van der Waals surface area contributed by atoms with E-state index in [-0.39, 0.29) is 23.8 Å². The minimum absolute atomic E-state index is 0.0438. The van der Waals surface area contributed by atoms with Gasteiger partial charge in [-0.05, 0) is 80.8 Å². The van der Waals surface area contributed by atoms with Crippen LogP contribution in [0.5, 0.6) is 0 Å². The number of hydrogen-bond acceptors (Lipinski definition) is 7. The first-order chi connectivity index (χ1) is 20.4. The summed E-state index contributed by atoms with van der Waals surface area (Å²) in [6.45, 7) is 5.22. The summed E-state index contributed by atoms with van der Waals surface area (Å²) in [5, 5.41) is 15.9. The van der Waals surface area contributed by atoms with E-state index in [1.807, 2.05) is 24.3 Å². The topological polar surface area (TPSA) is 99.7 Å². The summed E-state index contributed by atoms with van der Waals surface area (Å²) in [7, 11) is 0. The van der Waals surface area contributed by atoms with Crippen molar-refractivity contribution in [3.63, 3.8) is 0 Å². The molecule has 2 aromatic carbocycles. The molecule has 3 fully saturated rings. The van der Waals surface area contributed by atoms with E-state index >= 15 is 0 Å². The summed E-state index contributed by atoms with van der Waals surface area (Å²) in [6, 6.07) is 14.3. The van der Waals surface area contributed by atoms with Crippen molar-refractivity contribution in [2.45, 2.75) is 43.9 Å². The highest BCUT2D eigenvalue weighted by Gasteiger charge is 2.35. The Bertz CT molecular complexity index is 1660. The summed E-state index contributed by atoms with van der Waals surface area (Å²) >= 11 is 0. The van der Waals surface area contributed by atoms with Crippen LogP contribution in [-0.4, -0.2) is 91.1 Å². The number of aliphatic hydroxyl groups is 1. The standard InChI is InChI=1S/C31H34FN7O3/c32-23-5-9-25(10-6-23)39-28-27(18-34-39)30(41)38(21-33-28)20-31(42)11-14-36(15-12-31)29(40)22-3-7-24(8-4-22)37-17-16-35-13-1-2-26(35)19-37/h3-10,18,21,26,42H,1-2,11-17,19-20H2/t26-/m0/s1. The molecule has 7 rings (SSSR count). The zero-order chi connectivity index (χ0) is 28.8. The third-order valence-corrected chi connectivity index (χ3v) is 9.14. The van der Waals surface area contributed by atoms with Gasteiger partial charge in [0.1, 0.15) is 17.5 Å². The van der Waals surface area contributed by atoms with E-state index in [4.69, 9.17) is 0 Å². The Kier molecular flexibility index (Phi) is 6.78. The number of piperidine rings is 1. The van der Waals surface area contributed by atoms with Gasteiger partial charge in [-0.2, -0.15) is 5.10 Å². The van der Waals surface area contributed by atoms with Crippen LogP contribution in [0.3, 0.4) is 0 Å². The maximum atomic E-state index is 13.3. The molecule has 0 aliphatic carbocycles. The van der Waals surface area contributed by atoms with Gasteiger partial charge in [0.25, 0.3) is 11.5 Å². The van der Waals surface area contributed by atoms with Crippen molar-refractivity contribution in [3.8, 4) is 5.69 Å². The second-order valence-electron chi connectivity index (χ2n) is 11.8. The van der Waals surface area contributed by atoms with Crippen molar-refractivity contribution in [1.29, 1.82) is 0 Å². The number of amides is 1. The van der Waals surface area contributed by atoms with Crippen molar-refractivity contribution in [2.75, 3.05) is 44.2 Å². The average molecular weight is 572 g/mol. The molecule has 3 aliphatic rings.